The van der Waals surface area contributed by atoms with Gasteiger partial charge in [-0.1, -0.05) is 6.08 Å². The van der Waals surface area contributed by atoms with Crippen LogP contribution in [0.3, 0.4) is 0 Å². The van der Waals surface area contributed by atoms with Crippen LogP contribution >= 0.6 is 0 Å². The Bertz CT molecular complexity index is 300. The van der Waals surface area contributed by atoms with Crippen molar-refractivity contribution in [2.75, 3.05) is 5.75 Å². The van der Waals surface area contributed by atoms with E-state index < -0.39 is 20.7 Å². The number of hydrogen-bond acceptors (Lipinski definition) is 7. The summed E-state index contributed by atoms with van der Waals surface area (Å²) in [5.41, 5.74) is 0. The first-order chi connectivity index (χ1) is 5.35. The van der Waals surface area contributed by atoms with Gasteiger partial charge < -0.3 is 0 Å². The van der Waals surface area contributed by atoms with E-state index in [9.17, 15) is 8.42 Å². The van der Waals surface area contributed by atoms with E-state index >= 15 is 0 Å². The molecule has 0 aliphatic carbocycles. The van der Waals surface area contributed by atoms with Gasteiger partial charge in [-0.3, -0.25) is 0 Å². The Morgan fingerprint density at radius 1 is 1.42 bits per heavy atom. The van der Waals surface area contributed by atoms with Crippen molar-refractivity contribution in [3.63, 3.8) is 0 Å². The average molecular weight is 218 g/mol. The van der Waals surface area contributed by atoms with Crippen LogP contribution in [0.25, 0.3) is 0 Å². The fraction of sp³-hybridized carbons (Fsp3) is 0.333. The molecule has 0 unspecified atom stereocenters. The summed E-state index contributed by atoms with van der Waals surface area (Å²) in [6, 6.07) is 0. The van der Waals surface area contributed by atoms with Gasteiger partial charge in [0.05, 0.1) is 5.75 Å². The van der Waals surface area contributed by atoms with Gasteiger partial charge in [0, 0.05) is 0 Å². The molecular weight excluding hydrogens is 212 g/mol. The minimum absolute atomic E-state index is 0.372. The maximum absolute atomic E-state index is 10.1. The second-order valence-electron chi connectivity index (χ2n) is 1.29. The van der Waals surface area contributed by atoms with Crippen LogP contribution in [0.1, 0.15) is 0 Å². The fourth-order valence-electron chi connectivity index (χ4n) is 0.175. The zero-order valence-electron chi connectivity index (χ0n) is 5.70. The molecule has 0 rings (SSSR count). The summed E-state index contributed by atoms with van der Waals surface area (Å²) in [7, 11) is -6.84. The van der Waals surface area contributed by atoms with Crippen LogP contribution in [-0.4, -0.2) is 32.1 Å². The van der Waals surface area contributed by atoms with Crippen LogP contribution in [0.15, 0.2) is 12.7 Å². The first-order valence-electron chi connectivity index (χ1n) is 2.29. The molecule has 0 aliphatic heterocycles. The Morgan fingerprint density at radius 3 is 1.83 bits per heavy atom. The molecule has 7 nitrogen and oxygen atoms in total. The minimum Gasteiger partial charge on any atom is -0.235 e. The summed E-state index contributed by atoms with van der Waals surface area (Å²) in [6.07, 6.45) is 1.12. The van der Waals surface area contributed by atoms with Crippen LogP contribution in [0.4, 0.5) is 0 Å². The van der Waals surface area contributed by atoms with E-state index in [1.54, 1.807) is 0 Å². The molecule has 0 aromatic heterocycles. The lowest BCUT2D eigenvalue weighted by Crippen LogP contribution is -2.04. The number of hydrogen-bond donors (Lipinski definition) is 1. The molecule has 0 saturated heterocycles. The maximum Gasteiger partial charge on any atom is 0.425 e. The van der Waals surface area contributed by atoms with E-state index in [4.69, 9.17) is 17.9 Å². The molecule has 0 aromatic carbocycles. The Labute approximate surface area is 70.4 Å². The molecule has 0 radical (unpaired) electrons. The van der Waals surface area contributed by atoms with E-state index in [2.05, 4.69) is 10.9 Å². The van der Waals surface area contributed by atoms with Gasteiger partial charge in [-0.05, 0) is 0 Å². The molecule has 0 bridgehead atoms. The molecule has 0 spiro atoms. The van der Waals surface area contributed by atoms with Gasteiger partial charge in [-0.25, -0.2) is 5.26 Å². The van der Waals surface area contributed by atoms with Gasteiger partial charge >= 0.3 is 10.6 Å². The third-order valence-corrected chi connectivity index (χ3v) is 1.31. The molecule has 0 fully saturated rings. The third kappa shape index (κ3) is 16.1. The van der Waals surface area contributed by atoms with Gasteiger partial charge in [-0.2, -0.15) is 8.42 Å². The molecule has 0 aromatic rings. The molecule has 12 heavy (non-hydrogen) atoms. The van der Waals surface area contributed by atoms with Crippen molar-refractivity contribution in [1.82, 2.24) is 0 Å². The lowest BCUT2D eigenvalue weighted by molar-refractivity contribution is -0.130. The first-order valence-corrected chi connectivity index (χ1v) is 4.87. The van der Waals surface area contributed by atoms with Crippen molar-refractivity contribution in [2.24, 2.45) is 0 Å². The summed E-state index contributed by atoms with van der Waals surface area (Å²) >= 11 is 0. The van der Waals surface area contributed by atoms with Crippen molar-refractivity contribution in [1.29, 1.82) is 0 Å². The Morgan fingerprint density at radius 2 is 1.75 bits per heavy atom. The minimum atomic E-state index is -3.73. The second-order valence-corrected chi connectivity index (χ2v) is 3.30. The predicted molar refractivity (Wildman–Crippen MR) is 37.4 cm³/mol. The summed E-state index contributed by atoms with van der Waals surface area (Å²) < 4.78 is 48.5. The topological polar surface area (TPSA) is 115 Å². The molecule has 0 atom stereocenters. The highest BCUT2D eigenvalue weighted by atomic mass is 32.2. The normalized spacial score (nSPS) is 9.42. The molecule has 9 heteroatoms. The first kappa shape index (κ1) is 13.8. The van der Waals surface area contributed by atoms with Crippen LogP contribution < -0.4 is 0 Å². The largest absolute Gasteiger partial charge is 0.425 e. The smallest absolute Gasteiger partial charge is 0.235 e. The van der Waals surface area contributed by atoms with Crippen molar-refractivity contribution in [2.45, 2.75) is 0 Å². The predicted octanol–water partition coefficient (Wildman–Crippen LogP) is -1.01. The highest BCUT2D eigenvalue weighted by Gasteiger charge is 2.04. The highest BCUT2D eigenvalue weighted by molar-refractivity contribution is 7.86. The average Bonchev–Trinajstić information content (AvgIpc) is 1.86. The lowest BCUT2D eigenvalue weighted by atomic mass is 10.8. The van der Waals surface area contributed by atoms with E-state index in [0.717, 1.165) is 6.08 Å². The van der Waals surface area contributed by atoms with Gasteiger partial charge in [0.1, 0.15) is 0 Å². The fourth-order valence-corrected chi connectivity index (χ4v) is 0.524. The summed E-state index contributed by atoms with van der Waals surface area (Å²) in [5.74, 6) is -0.372. The highest BCUT2D eigenvalue weighted by Crippen LogP contribution is 1.87. The van der Waals surface area contributed by atoms with Crippen LogP contribution in [0, 0.1) is 0 Å². The van der Waals surface area contributed by atoms with E-state index in [-0.39, 0.29) is 5.75 Å². The van der Waals surface area contributed by atoms with Gasteiger partial charge in [-0.15, -0.1) is 23.5 Å². The molecule has 0 amide bonds. The third-order valence-electron chi connectivity index (χ3n) is 0.436. The van der Waals surface area contributed by atoms with E-state index in [1.165, 1.54) is 0 Å². The second kappa shape index (κ2) is 6.91. The van der Waals surface area contributed by atoms with Gasteiger partial charge in [0.2, 0.25) is 0 Å². The molecular formula is C3H6O7S2. The zero-order valence-corrected chi connectivity index (χ0v) is 7.34. The Kier molecular flexibility index (Phi) is 7.94. The van der Waals surface area contributed by atoms with Crippen molar-refractivity contribution in [3.8, 4) is 0 Å². The molecule has 72 valence electrons. The number of rotatable bonds is 3. The summed E-state index contributed by atoms with van der Waals surface area (Å²) in [5, 5.41) is 7.59. The van der Waals surface area contributed by atoms with Crippen LogP contribution in [-0.2, 0) is 25.1 Å². The zero-order chi connectivity index (χ0) is 10.2. The monoisotopic (exact) mass is 218 g/mol. The van der Waals surface area contributed by atoms with E-state index in [0.29, 0.717) is 0 Å². The van der Waals surface area contributed by atoms with Crippen molar-refractivity contribution < 1.29 is 30.6 Å². The van der Waals surface area contributed by atoms with E-state index in [1.807, 2.05) is 0 Å². The molecule has 0 heterocycles. The van der Waals surface area contributed by atoms with Gasteiger partial charge in [0.15, 0.2) is 0 Å². The SMILES string of the molecule is C=CCS(=O)(=O)OO.O=S(=O)=O. The maximum atomic E-state index is 10.1. The molecule has 0 saturated carbocycles. The van der Waals surface area contributed by atoms with Gasteiger partial charge in [0.25, 0.3) is 10.1 Å². The van der Waals surface area contributed by atoms with Crippen LogP contribution in [0.5, 0.6) is 0 Å². The molecule has 1 N–H and O–H groups in total. The summed E-state index contributed by atoms with van der Waals surface area (Å²) in [6.45, 7) is 3.12. The summed E-state index contributed by atoms with van der Waals surface area (Å²) in [4.78, 5) is 0. The standard InChI is InChI=1S/C3H6O4S.O3S/c1-2-3-8(5,6)7-4;1-4(2)3/h2,4H,1,3H2;. The lowest BCUT2D eigenvalue weighted by Gasteiger charge is -1.89. The van der Waals surface area contributed by atoms with Crippen molar-refractivity contribution in [3.05, 3.63) is 12.7 Å². The molecule has 0 aliphatic rings. The Hall–Kier alpha value is -0.770. The van der Waals surface area contributed by atoms with Crippen LogP contribution in [0.2, 0.25) is 0 Å². The van der Waals surface area contributed by atoms with Crippen molar-refractivity contribution >= 4 is 20.7 Å². The Balaban J connectivity index is 0. The quantitative estimate of drug-likeness (QED) is 0.366.